The standard InChI is InChI=1S/C18H22N4O2/c1-11-5-2-3-8-15(11)22-17-14(10-19-22)18(24)21-16(20-17)12-6-4-7-13(23)9-12/h2-3,5,8,10,12-13,18,23-24H,4,6-7,9H2,1H3,(H,20,21). The molecule has 6 nitrogen and oxygen atoms in total. The third-order valence-corrected chi connectivity index (χ3v) is 4.96. The molecule has 2 heterocycles. The van der Waals surface area contributed by atoms with Crippen LogP contribution in [-0.4, -0.2) is 31.9 Å². The van der Waals surface area contributed by atoms with E-state index in [1.807, 2.05) is 35.9 Å². The Morgan fingerprint density at radius 3 is 2.83 bits per heavy atom. The number of fused-ring (bicyclic) bond motifs is 1. The molecule has 1 aliphatic carbocycles. The molecule has 3 N–H and O–H groups in total. The molecule has 2 aliphatic rings. The van der Waals surface area contributed by atoms with E-state index in [1.165, 1.54) is 0 Å². The van der Waals surface area contributed by atoms with Gasteiger partial charge in [0.05, 0.1) is 23.6 Å². The van der Waals surface area contributed by atoms with E-state index in [1.54, 1.807) is 6.20 Å². The van der Waals surface area contributed by atoms with Crippen molar-refractivity contribution in [2.45, 2.75) is 44.9 Å². The highest BCUT2D eigenvalue weighted by Crippen LogP contribution is 2.34. The molecule has 0 saturated heterocycles. The summed E-state index contributed by atoms with van der Waals surface area (Å²) in [5.74, 6) is 1.67. The lowest BCUT2D eigenvalue weighted by molar-refractivity contribution is 0.116. The van der Waals surface area contributed by atoms with E-state index in [4.69, 9.17) is 0 Å². The van der Waals surface area contributed by atoms with Crippen LogP contribution in [-0.2, 0) is 0 Å². The zero-order valence-corrected chi connectivity index (χ0v) is 13.7. The average molecular weight is 326 g/mol. The van der Waals surface area contributed by atoms with Crippen molar-refractivity contribution in [1.82, 2.24) is 9.78 Å². The number of benzene rings is 1. The van der Waals surface area contributed by atoms with Gasteiger partial charge in [0.25, 0.3) is 0 Å². The molecule has 3 unspecified atom stereocenters. The molecule has 1 saturated carbocycles. The molecule has 126 valence electrons. The van der Waals surface area contributed by atoms with Gasteiger partial charge in [0.1, 0.15) is 11.7 Å². The molecule has 3 atom stereocenters. The van der Waals surface area contributed by atoms with Crippen molar-refractivity contribution >= 4 is 11.7 Å². The van der Waals surface area contributed by atoms with Gasteiger partial charge in [-0.1, -0.05) is 24.6 Å². The lowest BCUT2D eigenvalue weighted by Crippen LogP contribution is -2.33. The van der Waals surface area contributed by atoms with Crippen molar-refractivity contribution in [3.8, 4) is 5.69 Å². The number of hydrogen-bond acceptors (Lipinski definition) is 5. The first-order chi connectivity index (χ1) is 11.6. The Hall–Kier alpha value is -2.18. The summed E-state index contributed by atoms with van der Waals surface area (Å²) in [5.41, 5.74) is 2.76. The van der Waals surface area contributed by atoms with Crippen molar-refractivity contribution in [2.75, 3.05) is 5.32 Å². The molecule has 4 rings (SSSR count). The summed E-state index contributed by atoms with van der Waals surface area (Å²) in [5, 5.41) is 28.2. The molecule has 1 aromatic heterocycles. The number of aliphatic hydroxyl groups excluding tert-OH is 2. The number of amidine groups is 1. The van der Waals surface area contributed by atoms with E-state index in [-0.39, 0.29) is 12.0 Å². The predicted octanol–water partition coefficient (Wildman–Crippen LogP) is 2.55. The minimum Gasteiger partial charge on any atom is -0.393 e. The van der Waals surface area contributed by atoms with E-state index < -0.39 is 6.23 Å². The van der Waals surface area contributed by atoms with Gasteiger partial charge < -0.3 is 15.5 Å². The summed E-state index contributed by atoms with van der Waals surface area (Å²) < 4.78 is 1.82. The fraction of sp³-hybridized carbons (Fsp3) is 0.444. The average Bonchev–Trinajstić information content (AvgIpc) is 3.00. The van der Waals surface area contributed by atoms with E-state index >= 15 is 0 Å². The Morgan fingerprint density at radius 1 is 1.21 bits per heavy atom. The summed E-state index contributed by atoms with van der Waals surface area (Å²) in [6.07, 6.45) is 3.96. The third kappa shape index (κ3) is 2.61. The van der Waals surface area contributed by atoms with Crippen LogP contribution in [0.1, 0.15) is 43.0 Å². The topological polar surface area (TPSA) is 82.7 Å². The normalized spacial score (nSPS) is 26.5. The minimum atomic E-state index is -0.909. The van der Waals surface area contributed by atoms with Crippen molar-refractivity contribution in [1.29, 1.82) is 0 Å². The number of nitrogens with one attached hydrogen (secondary N) is 1. The van der Waals surface area contributed by atoms with Crippen molar-refractivity contribution in [3.63, 3.8) is 0 Å². The molecular formula is C18H22N4O2. The molecule has 1 aromatic carbocycles. The van der Waals surface area contributed by atoms with Crippen LogP contribution in [0.4, 0.5) is 5.82 Å². The molecular weight excluding hydrogens is 304 g/mol. The monoisotopic (exact) mass is 326 g/mol. The van der Waals surface area contributed by atoms with E-state index in [0.29, 0.717) is 12.0 Å². The Kier molecular flexibility index (Phi) is 3.86. The van der Waals surface area contributed by atoms with Gasteiger partial charge in [-0.05, 0) is 37.8 Å². The van der Waals surface area contributed by atoms with Gasteiger partial charge in [0, 0.05) is 5.92 Å². The van der Waals surface area contributed by atoms with Gasteiger partial charge in [-0.15, -0.1) is 0 Å². The number of aliphatic imine (C=N–C) groups is 1. The van der Waals surface area contributed by atoms with Gasteiger partial charge >= 0.3 is 0 Å². The summed E-state index contributed by atoms with van der Waals surface area (Å²) in [6.45, 7) is 2.04. The van der Waals surface area contributed by atoms with Crippen molar-refractivity contribution in [3.05, 3.63) is 41.6 Å². The Bertz CT molecular complexity index is 783. The first kappa shape index (κ1) is 15.4. The van der Waals surface area contributed by atoms with Gasteiger partial charge in [-0.3, -0.25) is 0 Å². The number of rotatable bonds is 2. The van der Waals surface area contributed by atoms with Crippen LogP contribution in [0.5, 0.6) is 0 Å². The maximum atomic E-state index is 10.4. The summed E-state index contributed by atoms with van der Waals surface area (Å²) >= 11 is 0. The van der Waals surface area contributed by atoms with Crippen LogP contribution in [0.2, 0.25) is 0 Å². The molecule has 2 aromatic rings. The molecule has 0 bridgehead atoms. The maximum Gasteiger partial charge on any atom is 0.178 e. The van der Waals surface area contributed by atoms with Gasteiger partial charge in [0.15, 0.2) is 6.23 Å². The third-order valence-electron chi connectivity index (χ3n) is 4.96. The van der Waals surface area contributed by atoms with Gasteiger partial charge in [0.2, 0.25) is 0 Å². The Labute approximate surface area is 140 Å². The highest BCUT2D eigenvalue weighted by molar-refractivity contribution is 5.99. The molecule has 24 heavy (non-hydrogen) atoms. The minimum absolute atomic E-state index is 0.150. The lowest BCUT2D eigenvalue weighted by Gasteiger charge is -2.30. The molecule has 1 fully saturated rings. The van der Waals surface area contributed by atoms with Crippen molar-refractivity contribution < 1.29 is 10.2 Å². The van der Waals surface area contributed by atoms with Gasteiger partial charge in [-0.25, -0.2) is 9.67 Å². The number of para-hydroxylation sites is 1. The van der Waals surface area contributed by atoms with E-state index in [0.717, 1.165) is 42.2 Å². The van der Waals surface area contributed by atoms with Crippen LogP contribution in [0.25, 0.3) is 5.69 Å². The number of aromatic nitrogens is 2. The fourth-order valence-electron chi connectivity index (χ4n) is 3.63. The second kappa shape index (κ2) is 6.03. The number of aryl methyl sites for hydroxylation is 1. The van der Waals surface area contributed by atoms with Crippen LogP contribution < -0.4 is 5.32 Å². The van der Waals surface area contributed by atoms with Crippen LogP contribution >= 0.6 is 0 Å². The molecule has 6 heteroatoms. The van der Waals surface area contributed by atoms with Gasteiger partial charge in [-0.2, -0.15) is 5.10 Å². The largest absolute Gasteiger partial charge is 0.393 e. The lowest BCUT2D eigenvalue weighted by atomic mass is 9.86. The number of nitrogens with zero attached hydrogens (tertiary/aromatic N) is 3. The highest BCUT2D eigenvalue weighted by Gasteiger charge is 2.31. The smallest absolute Gasteiger partial charge is 0.178 e. The van der Waals surface area contributed by atoms with Crippen LogP contribution in [0.15, 0.2) is 35.5 Å². The van der Waals surface area contributed by atoms with Crippen molar-refractivity contribution in [2.24, 2.45) is 10.9 Å². The number of hydrogen-bond donors (Lipinski definition) is 3. The molecule has 1 aliphatic heterocycles. The molecule has 0 spiro atoms. The summed E-state index contributed by atoms with van der Waals surface area (Å²) in [7, 11) is 0. The fourth-order valence-corrected chi connectivity index (χ4v) is 3.63. The zero-order valence-electron chi connectivity index (χ0n) is 13.7. The molecule has 0 radical (unpaired) electrons. The summed E-state index contributed by atoms with van der Waals surface area (Å²) in [6, 6.07) is 8.01. The number of aliphatic hydroxyl groups is 2. The highest BCUT2D eigenvalue weighted by atomic mass is 16.3. The number of anilines is 1. The molecule has 0 amide bonds. The predicted molar refractivity (Wildman–Crippen MR) is 92.3 cm³/mol. The maximum absolute atomic E-state index is 10.4. The van der Waals surface area contributed by atoms with E-state index in [9.17, 15) is 10.2 Å². The van der Waals surface area contributed by atoms with Crippen LogP contribution in [0.3, 0.4) is 0 Å². The second-order valence-corrected chi connectivity index (χ2v) is 6.68. The van der Waals surface area contributed by atoms with E-state index in [2.05, 4.69) is 15.4 Å². The summed E-state index contributed by atoms with van der Waals surface area (Å²) in [4.78, 5) is 4.41. The second-order valence-electron chi connectivity index (χ2n) is 6.68. The van der Waals surface area contributed by atoms with Crippen LogP contribution in [0, 0.1) is 12.8 Å². The first-order valence-electron chi connectivity index (χ1n) is 8.48. The zero-order chi connectivity index (χ0) is 16.7. The SMILES string of the molecule is Cc1ccccc1-n1ncc2c1NC(C1CCCC(O)C1)=NC2O. The quantitative estimate of drug-likeness (QED) is 0.792. The Morgan fingerprint density at radius 2 is 2.04 bits per heavy atom. The first-order valence-corrected chi connectivity index (χ1v) is 8.48. The Balaban J connectivity index is 1.69.